The average Bonchev–Trinajstić information content (AvgIpc) is 2.88. The van der Waals surface area contributed by atoms with E-state index in [0.717, 1.165) is 49.3 Å². The van der Waals surface area contributed by atoms with Gasteiger partial charge in [0.05, 0.1) is 10.6 Å². The number of rotatable bonds is 8. The van der Waals surface area contributed by atoms with Crippen LogP contribution in [-0.2, 0) is 10.0 Å². The molecule has 3 aromatic rings. The molecule has 1 aliphatic rings. The molecule has 0 N–H and O–H groups in total. The lowest BCUT2D eigenvalue weighted by Gasteiger charge is -2.35. The molecule has 0 bridgehead atoms. The molecule has 0 saturated carbocycles. The highest BCUT2D eigenvalue weighted by Crippen LogP contribution is 2.37. The van der Waals surface area contributed by atoms with Gasteiger partial charge in [0.25, 0.3) is 10.0 Å². The van der Waals surface area contributed by atoms with Crippen LogP contribution in [0.4, 0.5) is 5.69 Å². The molecule has 3 aromatic carbocycles. The van der Waals surface area contributed by atoms with Crippen molar-refractivity contribution in [3.05, 3.63) is 84.4 Å². The molecule has 0 unspecified atom stereocenters. The summed E-state index contributed by atoms with van der Waals surface area (Å²) in [4.78, 5) is 2.78. The van der Waals surface area contributed by atoms with Gasteiger partial charge in [0.15, 0.2) is 0 Å². The zero-order valence-electron chi connectivity index (χ0n) is 20.5. The fraction of sp³-hybridized carbons (Fsp3) is 0.379. The van der Waals surface area contributed by atoms with E-state index < -0.39 is 10.0 Å². The number of hydrogen-bond donors (Lipinski definition) is 0. The predicted molar refractivity (Wildman–Crippen MR) is 142 cm³/mol. The molecule has 0 radical (unpaired) electrons. The quantitative estimate of drug-likeness (QED) is 0.377. The summed E-state index contributed by atoms with van der Waals surface area (Å²) < 4.78 is 29.8. The summed E-state index contributed by atoms with van der Waals surface area (Å²) in [5.41, 5.74) is 3.97. The average molecular weight is 477 g/mol. The van der Waals surface area contributed by atoms with Gasteiger partial charge in [-0.25, -0.2) is 8.42 Å². The number of nitrogens with zero attached hydrogens (tertiary/aromatic N) is 2. The molecule has 0 spiro atoms. The van der Waals surface area contributed by atoms with Gasteiger partial charge in [0.2, 0.25) is 0 Å². The Hall–Kier alpha value is -2.63. The molecule has 0 aliphatic carbocycles. The smallest absolute Gasteiger partial charge is 0.264 e. The Kier molecular flexibility index (Phi) is 7.74. The fourth-order valence-electron chi connectivity index (χ4n) is 4.74. The number of hydrogen-bond acceptors (Lipinski definition) is 3. The van der Waals surface area contributed by atoms with Crippen molar-refractivity contribution in [2.75, 3.05) is 30.5 Å². The van der Waals surface area contributed by atoms with Gasteiger partial charge in [-0.1, -0.05) is 75.4 Å². The maximum Gasteiger partial charge on any atom is 0.264 e. The van der Waals surface area contributed by atoms with Gasteiger partial charge >= 0.3 is 0 Å². The Morgan fingerprint density at radius 2 is 1.53 bits per heavy atom. The third kappa shape index (κ3) is 5.37. The summed E-state index contributed by atoms with van der Waals surface area (Å²) in [6.07, 6.45) is 2.03. The van der Waals surface area contributed by atoms with Crippen molar-refractivity contribution in [1.29, 1.82) is 0 Å². The highest BCUT2D eigenvalue weighted by atomic mass is 32.2. The normalized spacial score (nSPS) is 15.5. The number of sulfonamides is 1. The van der Waals surface area contributed by atoms with Crippen LogP contribution in [0.25, 0.3) is 11.1 Å². The first-order chi connectivity index (χ1) is 16.4. The zero-order valence-corrected chi connectivity index (χ0v) is 21.3. The topological polar surface area (TPSA) is 40.6 Å². The number of likely N-dealkylation sites (tertiary alicyclic amines) is 1. The predicted octanol–water partition coefficient (Wildman–Crippen LogP) is 6.40. The summed E-state index contributed by atoms with van der Waals surface area (Å²) >= 11 is 0. The van der Waals surface area contributed by atoms with Crippen molar-refractivity contribution in [3.63, 3.8) is 0 Å². The van der Waals surface area contributed by atoms with Gasteiger partial charge in [-0.15, -0.1) is 0 Å². The molecule has 0 aromatic heterocycles. The first-order valence-corrected chi connectivity index (χ1v) is 13.8. The molecular formula is C29H36N2O2S. The van der Waals surface area contributed by atoms with Crippen LogP contribution in [0.3, 0.4) is 0 Å². The number of piperidine rings is 1. The summed E-state index contributed by atoms with van der Waals surface area (Å²) in [7, 11) is -3.72. The molecule has 1 aliphatic heterocycles. The molecule has 0 atom stereocenters. The second-order valence-corrected chi connectivity index (χ2v) is 11.4. The SMILES string of the molecule is CCN1CCC(CN(c2ccc(C(C)C)cc2-c2ccccc2)S(=O)(=O)c2ccccc2)CC1. The third-order valence-electron chi connectivity index (χ3n) is 6.95. The summed E-state index contributed by atoms with van der Waals surface area (Å²) in [5, 5.41) is 0. The van der Waals surface area contributed by atoms with Crippen LogP contribution in [0.2, 0.25) is 0 Å². The molecule has 4 rings (SSSR count). The van der Waals surface area contributed by atoms with Crippen LogP contribution in [0.5, 0.6) is 0 Å². The minimum atomic E-state index is -3.72. The van der Waals surface area contributed by atoms with Crippen LogP contribution in [0, 0.1) is 5.92 Å². The van der Waals surface area contributed by atoms with E-state index in [1.165, 1.54) is 5.56 Å². The highest BCUT2D eigenvalue weighted by Gasteiger charge is 2.31. The summed E-state index contributed by atoms with van der Waals surface area (Å²) in [6.45, 7) is 10.1. The summed E-state index contributed by atoms with van der Waals surface area (Å²) in [5.74, 6) is 0.684. The molecule has 5 heteroatoms. The minimum absolute atomic E-state index is 0.328. The molecule has 34 heavy (non-hydrogen) atoms. The van der Waals surface area contributed by atoms with Crippen molar-refractivity contribution in [2.24, 2.45) is 5.92 Å². The van der Waals surface area contributed by atoms with Gasteiger partial charge in [0.1, 0.15) is 0 Å². The lowest BCUT2D eigenvalue weighted by molar-refractivity contribution is 0.196. The van der Waals surface area contributed by atoms with Gasteiger partial charge < -0.3 is 4.90 Å². The molecule has 180 valence electrons. The van der Waals surface area contributed by atoms with Crippen molar-refractivity contribution in [2.45, 2.75) is 44.4 Å². The van der Waals surface area contributed by atoms with E-state index >= 15 is 0 Å². The zero-order chi connectivity index (χ0) is 24.1. The minimum Gasteiger partial charge on any atom is -0.304 e. The van der Waals surface area contributed by atoms with Crippen LogP contribution < -0.4 is 4.31 Å². The largest absolute Gasteiger partial charge is 0.304 e. The molecule has 1 fully saturated rings. The van der Waals surface area contributed by atoms with Crippen LogP contribution in [-0.4, -0.2) is 39.5 Å². The molecule has 4 nitrogen and oxygen atoms in total. The third-order valence-corrected chi connectivity index (χ3v) is 8.74. The monoisotopic (exact) mass is 476 g/mol. The van der Waals surface area contributed by atoms with Crippen LogP contribution >= 0.6 is 0 Å². The molecular weight excluding hydrogens is 440 g/mol. The van der Waals surface area contributed by atoms with E-state index in [-0.39, 0.29) is 0 Å². The highest BCUT2D eigenvalue weighted by molar-refractivity contribution is 7.92. The maximum absolute atomic E-state index is 14.0. The lowest BCUT2D eigenvalue weighted by atomic mass is 9.94. The van der Waals surface area contributed by atoms with E-state index in [2.05, 4.69) is 49.9 Å². The molecule has 1 saturated heterocycles. The van der Waals surface area contributed by atoms with Crippen molar-refractivity contribution in [1.82, 2.24) is 4.90 Å². The van der Waals surface area contributed by atoms with Gasteiger partial charge in [-0.05, 0) is 79.7 Å². The van der Waals surface area contributed by atoms with E-state index in [1.54, 1.807) is 28.6 Å². The maximum atomic E-state index is 14.0. The Bertz CT molecular complexity index is 1170. The molecule has 0 amide bonds. The van der Waals surface area contributed by atoms with Gasteiger partial charge in [0, 0.05) is 12.1 Å². The lowest BCUT2D eigenvalue weighted by Crippen LogP contribution is -2.41. The van der Waals surface area contributed by atoms with E-state index in [1.807, 2.05) is 30.3 Å². The Balaban J connectivity index is 1.82. The second kappa shape index (κ2) is 10.7. The Morgan fingerprint density at radius 3 is 2.12 bits per heavy atom. The summed E-state index contributed by atoms with van der Waals surface area (Å²) in [6, 6.07) is 25.3. The number of anilines is 1. The van der Waals surface area contributed by atoms with Crippen LogP contribution in [0.1, 0.15) is 45.1 Å². The Labute approximate surface area is 205 Å². The van der Waals surface area contributed by atoms with Gasteiger partial charge in [-0.2, -0.15) is 0 Å². The first-order valence-electron chi connectivity index (χ1n) is 12.4. The first kappa shape index (κ1) is 24.5. The number of benzene rings is 3. The fourth-order valence-corrected chi connectivity index (χ4v) is 6.33. The van der Waals surface area contributed by atoms with Gasteiger partial charge in [-0.3, -0.25) is 4.31 Å². The van der Waals surface area contributed by atoms with E-state index in [9.17, 15) is 8.42 Å². The standard InChI is InChI=1S/C29H36N2O2S/c1-4-30-19-17-24(18-20-30)22-31(34(32,33)27-13-9-6-10-14-27)29-16-15-26(23(2)3)21-28(29)25-11-7-5-8-12-25/h5-16,21,23-24H,4,17-20,22H2,1-3H3. The van der Waals surface area contributed by atoms with Crippen molar-refractivity contribution >= 4 is 15.7 Å². The Morgan fingerprint density at radius 1 is 0.912 bits per heavy atom. The van der Waals surface area contributed by atoms with E-state index in [4.69, 9.17) is 0 Å². The van der Waals surface area contributed by atoms with Crippen LogP contribution in [0.15, 0.2) is 83.8 Å². The second-order valence-electron chi connectivity index (χ2n) is 9.52. The van der Waals surface area contributed by atoms with E-state index in [0.29, 0.717) is 23.3 Å². The van der Waals surface area contributed by atoms with Crippen molar-refractivity contribution < 1.29 is 8.42 Å². The molecule has 1 heterocycles. The van der Waals surface area contributed by atoms with Crippen molar-refractivity contribution in [3.8, 4) is 11.1 Å².